The predicted molar refractivity (Wildman–Crippen MR) is 63.9 cm³/mol. The maximum absolute atomic E-state index is 2.21. The highest BCUT2D eigenvalue weighted by Crippen LogP contribution is 1.88. The molecule has 0 nitrogen and oxygen atoms in total. The van der Waals surface area contributed by atoms with Gasteiger partial charge in [0, 0.05) is 0 Å². The van der Waals surface area contributed by atoms with Crippen molar-refractivity contribution in [2.45, 2.75) is 81.1 Å². The lowest BCUT2D eigenvalue weighted by atomic mass is 10.3. The van der Waals surface area contributed by atoms with Crippen molar-refractivity contribution < 1.29 is 0 Å². The van der Waals surface area contributed by atoms with Crippen molar-refractivity contribution in [1.82, 2.24) is 0 Å². The zero-order valence-electron chi connectivity index (χ0n) is 8.24. The van der Waals surface area contributed by atoms with E-state index in [2.05, 4.69) is 27.7 Å². The smallest absolute Gasteiger partial charge is 0.0538 e. The molecular weight excluding hydrogens is 144 g/mol. The molecule has 0 fully saturated rings. The van der Waals surface area contributed by atoms with Crippen molar-refractivity contribution in [2.75, 3.05) is 0 Å². The predicted octanol–water partition coefficient (Wildman–Crippen LogP) is 5.67. The Labute approximate surface area is 81.8 Å². The summed E-state index contributed by atoms with van der Waals surface area (Å²) in [5.41, 5.74) is 0. The second-order valence-corrected chi connectivity index (χ2v) is 2.71. The second-order valence-electron chi connectivity index (χ2n) is 2.71. The Bertz CT molecular complexity index is 21.0. The summed E-state index contributed by atoms with van der Waals surface area (Å²) in [6.07, 6.45) is 8.15. The molecule has 12 heavy (non-hydrogen) atoms. The van der Waals surface area contributed by atoms with Crippen LogP contribution in [0.4, 0.5) is 0 Å². The monoisotopic (exact) mass is 176 g/mol. The van der Waals surface area contributed by atoms with Gasteiger partial charge >= 0.3 is 0 Å². The van der Waals surface area contributed by atoms with Crippen LogP contribution in [-0.4, -0.2) is 0 Å². The van der Waals surface area contributed by atoms with Crippen molar-refractivity contribution in [3.63, 3.8) is 0 Å². The first-order chi connectivity index (χ1) is 4.83. The Morgan fingerprint density at radius 2 is 0.667 bits per heavy atom. The first kappa shape index (κ1) is 22.7. The van der Waals surface area contributed by atoms with Gasteiger partial charge in [-0.05, 0) is 0 Å². The normalized spacial score (nSPS) is 7.00. The van der Waals surface area contributed by atoms with Crippen molar-refractivity contribution in [3.8, 4) is 0 Å². The third-order valence-electron chi connectivity index (χ3n) is 1.41. The van der Waals surface area contributed by atoms with Crippen LogP contribution in [0.1, 0.15) is 81.1 Å². The minimum absolute atomic E-state index is 0. The standard InChI is InChI=1S/2C5H12.2CH4/c2*1-3-5-4-2;;/h2*3-5H2,1-2H3;2*1H4. The van der Waals surface area contributed by atoms with Crippen LogP contribution in [0.5, 0.6) is 0 Å². The van der Waals surface area contributed by atoms with Gasteiger partial charge < -0.3 is 0 Å². The van der Waals surface area contributed by atoms with Gasteiger partial charge in [0.25, 0.3) is 0 Å². The molecule has 0 heterocycles. The largest absolute Gasteiger partial charge is 0.0776 e. The number of hydrogen-bond acceptors (Lipinski definition) is 0. The van der Waals surface area contributed by atoms with Gasteiger partial charge in [-0.25, -0.2) is 0 Å². The van der Waals surface area contributed by atoms with Crippen LogP contribution in [-0.2, 0) is 0 Å². The fraction of sp³-hybridized carbons (Fsp3) is 1.00. The summed E-state index contributed by atoms with van der Waals surface area (Å²) in [7, 11) is 0. The Kier molecular flexibility index (Phi) is 57.8. The molecule has 0 aliphatic rings. The van der Waals surface area contributed by atoms with Crippen LogP contribution in [0.15, 0.2) is 0 Å². The van der Waals surface area contributed by atoms with Gasteiger partial charge in [-0.1, -0.05) is 81.1 Å². The molecule has 0 aromatic carbocycles. The summed E-state index contributed by atoms with van der Waals surface area (Å²) in [5, 5.41) is 0. The van der Waals surface area contributed by atoms with E-state index < -0.39 is 0 Å². The molecule has 80 valence electrons. The van der Waals surface area contributed by atoms with Crippen LogP contribution in [0.2, 0.25) is 0 Å². The lowest BCUT2D eigenvalue weighted by Gasteiger charge is -1.79. The molecule has 0 saturated heterocycles. The number of unbranched alkanes of at least 4 members (excludes halogenated alkanes) is 4. The van der Waals surface area contributed by atoms with Gasteiger partial charge in [0.15, 0.2) is 0 Å². The number of hydrogen-bond donors (Lipinski definition) is 0. The minimum Gasteiger partial charge on any atom is -0.0776 e. The topological polar surface area (TPSA) is 0 Å². The van der Waals surface area contributed by atoms with E-state index in [1.807, 2.05) is 0 Å². The fourth-order valence-electron chi connectivity index (χ4n) is 0.707. The van der Waals surface area contributed by atoms with E-state index in [9.17, 15) is 0 Å². The molecule has 0 aliphatic heterocycles. The van der Waals surface area contributed by atoms with Gasteiger partial charge in [-0.2, -0.15) is 0 Å². The highest BCUT2D eigenvalue weighted by atomic mass is 13.7. The quantitative estimate of drug-likeness (QED) is 0.518. The summed E-state index contributed by atoms with van der Waals surface area (Å²) >= 11 is 0. The summed E-state index contributed by atoms with van der Waals surface area (Å²) in [4.78, 5) is 0. The molecule has 0 heteroatoms. The second kappa shape index (κ2) is 30.6. The van der Waals surface area contributed by atoms with Crippen molar-refractivity contribution >= 4 is 0 Å². The van der Waals surface area contributed by atoms with E-state index in [1.54, 1.807) is 0 Å². The molecule has 0 aliphatic carbocycles. The highest BCUT2D eigenvalue weighted by Gasteiger charge is 1.68. The van der Waals surface area contributed by atoms with E-state index in [4.69, 9.17) is 0 Å². The highest BCUT2D eigenvalue weighted by molar-refractivity contribution is 4.24. The van der Waals surface area contributed by atoms with E-state index in [0.717, 1.165) is 0 Å². The molecule has 0 bridgehead atoms. The Balaban J connectivity index is -0.0000000457. The molecule has 0 rings (SSSR count). The lowest BCUT2D eigenvalue weighted by Crippen LogP contribution is -1.59. The maximum atomic E-state index is 2.21. The van der Waals surface area contributed by atoms with Gasteiger partial charge in [-0.3, -0.25) is 0 Å². The van der Waals surface area contributed by atoms with Gasteiger partial charge in [-0.15, -0.1) is 0 Å². The van der Waals surface area contributed by atoms with Gasteiger partial charge in [0.2, 0.25) is 0 Å². The first-order valence-electron chi connectivity index (χ1n) is 4.83. The lowest BCUT2D eigenvalue weighted by molar-refractivity contribution is 0.772. The Morgan fingerprint density at radius 1 is 0.500 bits per heavy atom. The summed E-state index contributed by atoms with van der Waals surface area (Å²) in [5.74, 6) is 0. The fourth-order valence-corrected chi connectivity index (χ4v) is 0.707. The van der Waals surface area contributed by atoms with Gasteiger partial charge in [0.05, 0.1) is 0 Å². The van der Waals surface area contributed by atoms with Crippen LogP contribution < -0.4 is 0 Å². The molecule has 0 atom stereocenters. The molecule has 0 radical (unpaired) electrons. The Hall–Kier alpha value is 0. The van der Waals surface area contributed by atoms with E-state index in [-0.39, 0.29) is 14.9 Å². The average Bonchev–Trinajstić information content (AvgIpc) is 1.93. The molecule has 0 saturated carbocycles. The minimum atomic E-state index is 0. The number of rotatable bonds is 4. The summed E-state index contributed by atoms with van der Waals surface area (Å²) in [6, 6.07) is 0. The van der Waals surface area contributed by atoms with Crippen LogP contribution in [0.25, 0.3) is 0 Å². The van der Waals surface area contributed by atoms with E-state index in [1.165, 1.54) is 38.5 Å². The third kappa shape index (κ3) is 50.6. The summed E-state index contributed by atoms with van der Waals surface area (Å²) in [6.45, 7) is 8.85. The molecule has 0 N–H and O–H groups in total. The molecule has 0 spiro atoms. The molecule has 0 aromatic rings. The van der Waals surface area contributed by atoms with Crippen LogP contribution >= 0.6 is 0 Å². The maximum Gasteiger partial charge on any atom is -0.0538 e. The first-order valence-corrected chi connectivity index (χ1v) is 4.83. The van der Waals surface area contributed by atoms with Gasteiger partial charge in [0.1, 0.15) is 0 Å². The summed E-state index contributed by atoms with van der Waals surface area (Å²) < 4.78 is 0. The molecule has 0 amide bonds. The third-order valence-corrected chi connectivity index (χ3v) is 1.41. The molecule has 0 aromatic heterocycles. The molecule has 0 unspecified atom stereocenters. The van der Waals surface area contributed by atoms with Crippen molar-refractivity contribution in [2.24, 2.45) is 0 Å². The van der Waals surface area contributed by atoms with Crippen molar-refractivity contribution in [1.29, 1.82) is 0 Å². The zero-order chi connectivity index (χ0) is 8.24. The van der Waals surface area contributed by atoms with E-state index >= 15 is 0 Å². The molecular formula is C12H32. The zero-order valence-corrected chi connectivity index (χ0v) is 8.24. The van der Waals surface area contributed by atoms with E-state index in [0.29, 0.717) is 0 Å². The SMILES string of the molecule is C.C.CCCCC.CCCCC. The van der Waals surface area contributed by atoms with Crippen LogP contribution in [0.3, 0.4) is 0 Å². The average molecular weight is 176 g/mol. The van der Waals surface area contributed by atoms with Crippen LogP contribution in [0, 0.1) is 0 Å². The Morgan fingerprint density at radius 3 is 0.667 bits per heavy atom. The van der Waals surface area contributed by atoms with Crippen molar-refractivity contribution in [3.05, 3.63) is 0 Å².